The van der Waals surface area contributed by atoms with Crippen molar-refractivity contribution in [2.75, 3.05) is 20.2 Å². The quantitative estimate of drug-likeness (QED) is 0.683. The Kier molecular flexibility index (Phi) is 3.47. The van der Waals surface area contributed by atoms with Gasteiger partial charge in [0, 0.05) is 33.0 Å². The van der Waals surface area contributed by atoms with Gasteiger partial charge in [-0.3, -0.25) is 4.79 Å². The van der Waals surface area contributed by atoms with Crippen molar-refractivity contribution in [3.05, 3.63) is 12.7 Å². The number of nitrogens with zero attached hydrogens (tertiary/aromatic N) is 1. The fourth-order valence-corrected chi connectivity index (χ4v) is 1.72. The van der Waals surface area contributed by atoms with Crippen molar-refractivity contribution in [2.45, 2.75) is 18.4 Å². The number of carboxylic acid groups (broad SMARTS) is 1. The minimum Gasteiger partial charge on any atom is -0.479 e. The van der Waals surface area contributed by atoms with E-state index in [1.807, 2.05) is 0 Å². The van der Waals surface area contributed by atoms with E-state index in [2.05, 4.69) is 6.58 Å². The Balaban J connectivity index is 2.65. The monoisotopic (exact) mass is 213 g/mol. The lowest BCUT2D eigenvalue weighted by Crippen LogP contribution is -2.51. The van der Waals surface area contributed by atoms with Crippen molar-refractivity contribution >= 4 is 11.9 Å². The fraction of sp³-hybridized carbons (Fsp3) is 0.600. The highest BCUT2D eigenvalue weighted by atomic mass is 16.5. The number of hydrogen-bond donors (Lipinski definition) is 1. The van der Waals surface area contributed by atoms with Crippen LogP contribution >= 0.6 is 0 Å². The maximum absolute atomic E-state index is 11.3. The van der Waals surface area contributed by atoms with Crippen LogP contribution in [-0.2, 0) is 14.3 Å². The van der Waals surface area contributed by atoms with Crippen molar-refractivity contribution in [1.82, 2.24) is 4.90 Å². The zero-order chi connectivity index (χ0) is 11.5. The zero-order valence-corrected chi connectivity index (χ0v) is 8.73. The summed E-state index contributed by atoms with van der Waals surface area (Å²) in [7, 11) is 1.39. The normalized spacial score (nSPS) is 19.7. The lowest BCUT2D eigenvalue weighted by molar-refractivity contribution is -0.169. The third kappa shape index (κ3) is 2.18. The van der Waals surface area contributed by atoms with Gasteiger partial charge in [-0.2, -0.15) is 0 Å². The van der Waals surface area contributed by atoms with E-state index in [1.54, 1.807) is 4.90 Å². The average molecular weight is 213 g/mol. The molecule has 84 valence electrons. The van der Waals surface area contributed by atoms with Gasteiger partial charge in [-0.15, -0.1) is 0 Å². The summed E-state index contributed by atoms with van der Waals surface area (Å²) in [6, 6.07) is 0. The second kappa shape index (κ2) is 4.44. The highest BCUT2D eigenvalue weighted by molar-refractivity contribution is 5.87. The van der Waals surface area contributed by atoms with Crippen LogP contribution in [0.3, 0.4) is 0 Å². The number of amides is 1. The molecule has 0 aliphatic carbocycles. The lowest BCUT2D eigenvalue weighted by atomic mass is 9.91. The minimum absolute atomic E-state index is 0.162. The van der Waals surface area contributed by atoms with Crippen LogP contribution in [0.1, 0.15) is 12.8 Å². The summed E-state index contributed by atoms with van der Waals surface area (Å²) in [6.07, 6.45) is 1.87. The molecule has 0 spiro atoms. The highest BCUT2D eigenvalue weighted by Gasteiger charge is 2.42. The number of carbonyl (C=O) groups is 2. The molecule has 0 atom stereocenters. The maximum atomic E-state index is 11.3. The largest absolute Gasteiger partial charge is 0.479 e. The van der Waals surface area contributed by atoms with Crippen LogP contribution in [0.4, 0.5) is 0 Å². The summed E-state index contributed by atoms with van der Waals surface area (Å²) in [5, 5.41) is 9.02. The molecule has 1 fully saturated rings. The third-order valence-electron chi connectivity index (χ3n) is 2.84. The van der Waals surface area contributed by atoms with Crippen molar-refractivity contribution in [1.29, 1.82) is 0 Å². The number of likely N-dealkylation sites (tertiary alicyclic amines) is 1. The van der Waals surface area contributed by atoms with Crippen LogP contribution < -0.4 is 0 Å². The van der Waals surface area contributed by atoms with Gasteiger partial charge in [-0.05, 0) is 6.08 Å². The van der Waals surface area contributed by atoms with Crippen LogP contribution in [0.5, 0.6) is 0 Å². The van der Waals surface area contributed by atoms with E-state index in [0.717, 1.165) is 0 Å². The smallest absolute Gasteiger partial charge is 0.336 e. The first-order valence-electron chi connectivity index (χ1n) is 4.75. The molecular formula is C10H15NO4. The van der Waals surface area contributed by atoms with Gasteiger partial charge in [-0.25, -0.2) is 4.79 Å². The van der Waals surface area contributed by atoms with Crippen LogP contribution in [-0.4, -0.2) is 47.7 Å². The summed E-state index contributed by atoms with van der Waals surface area (Å²) in [6.45, 7) is 4.18. The van der Waals surface area contributed by atoms with Crippen LogP contribution in [0, 0.1) is 0 Å². The molecule has 1 amide bonds. The lowest BCUT2D eigenvalue weighted by Gasteiger charge is -2.37. The Bertz CT molecular complexity index is 279. The van der Waals surface area contributed by atoms with Crippen molar-refractivity contribution in [3.63, 3.8) is 0 Å². The molecule has 0 aromatic carbocycles. The average Bonchev–Trinajstić information content (AvgIpc) is 2.28. The van der Waals surface area contributed by atoms with E-state index in [1.165, 1.54) is 13.2 Å². The summed E-state index contributed by atoms with van der Waals surface area (Å²) < 4.78 is 5.04. The molecule has 1 rings (SSSR count). The number of carbonyl (C=O) groups excluding carboxylic acids is 1. The van der Waals surface area contributed by atoms with E-state index in [0.29, 0.717) is 25.9 Å². The Morgan fingerprint density at radius 3 is 2.33 bits per heavy atom. The maximum Gasteiger partial charge on any atom is 0.336 e. The predicted octanol–water partition coefficient (Wildman–Crippen LogP) is 0.265. The van der Waals surface area contributed by atoms with Gasteiger partial charge in [0.25, 0.3) is 0 Å². The summed E-state index contributed by atoms with van der Waals surface area (Å²) in [4.78, 5) is 23.8. The van der Waals surface area contributed by atoms with E-state index >= 15 is 0 Å². The van der Waals surface area contributed by atoms with Gasteiger partial charge in [-0.1, -0.05) is 6.58 Å². The molecule has 1 aliphatic rings. The number of carboxylic acids is 1. The third-order valence-corrected chi connectivity index (χ3v) is 2.84. The fourth-order valence-electron chi connectivity index (χ4n) is 1.72. The van der Waals surface area contributed by atoms with E-state index in [4.69, 9.17) is 9.84 Å². The standard InChI is InChI=1S/C10H15NO4/c1-3-8(12)11-6-4-10(15-2,5-7-11)9(13)14/h3H,1,4-7H2,2H3,(H,13,14). The zero-order valence-electron chi connectivity index (χ0n) is 8.73. The van der Waals surface area contributed by atoms with Gasteiger partial charge >= 0.3 is 5.97 Å². The molecule has 1 heterocycles. The van der Waals surface area contributed by atoms with Crippen LogP contribution in [0.2, 0.25) is 0 Å². The molecule has 1 N–H and O–H groups in total. The molecular weight excluding hydrogens is 198 g/mol. The van der Waals surface area contributed by atoms with Gasteiger partial charge in [0.1, 0.15) is 0 Å². The Morgan fingerprint density at radius 1 is 1.47 bits per heavy atom. The minimum atomic E-state index is -1.13. The molecule has 0 radical (unpaired) electrons. The Morgan fingerprint density at radius 2 is 2.00 bits per heavy atom. The van der Waals surface area contributed by atoms with Crippen molar-refractivity contribution < 1.29 is 19.4 Å². The molecule has 0 bridgehead atoms. The second-order valence-electron chi connectivity index (χ2n) is 3.53. The van der Waals surface area contributed by atoms with E-state index in [-0.39, 0.29) is 5.91 Å². The van der Waals surface area contributed by atoms with E-state index < -0.39 is 11.6 Å². The molecule has 1 aliphatic heterocycles. The molecule has 1 saturated heterocycles. The summed E-state index contributed by atoms with van der Waals surface area (Å²) in [5.41, 5.74) is -1.13. The first kappa shape index (κ1) is 11.7. The number of hydrogen-bond acceptors (Lipinski definition) is 3. The van der Waals surface area contributed by atoms with Gasteiger partial charge in [0.05, 0.1) is 0 Å². The van der Waals surface area contributed by atoms with Crippen LogP contribution in [0.15, 0.2) is 12.7 Å². The molecule has 0 aromatic heterocycles. The topological polar surface area (TPSA) is 66.8 Å². The molecule has 5 nitrogen and oxygen atoms in total. The number of rotatable bonds is 3. The first-order valence-corrected chi connectivity index (χ1v) is 4.75. The summed E-state index contributed by atoms with van der Waals surface area (Å²) >= 11 is 0. The summed E-state index contributed by atoms with van der Waals surface area (Å²) in [5.74, 6) is -1.12. The van der Waals surface area contributed by atoms with Crippen molar-refractivity contribution in [3.8, 4) is 0 Å². The molecule has 5 heteroatoms. The van der Waals surface area contributed by atoms with E-state index in [9.17, 15) is 9.59 Å². The van der Waals surface area contributed by atoms with Crippen LogP contribution in [0.25, 0.3) is 0 Å². The molecule has 0 saturated carbocycles. The SMILES string of the molecule is C=CC(=O)N1CCC(OC)(C(=O)O)CC1. The predicted molar refractivity (Wildman–Crippen MR) is 53.4 cm³/mol. The first-order chi connectivity index (χ1) is 7.05. The molecule has 15 heavy (non-hydrogen) atoms. The molecule has 0 aromatic rings. The number of piperidine rings is 1. The number of ether oxygens (including phenoxy) is 1. The number of methoxy groups -OCH3 is 1. The Labute approximate surface area is 88.3 Å². The van der Waals surface area contributed by atoms with Crippen molar-refractivity contribution in [2.24, 2.45) is 0 Å². The molecule has 0 unspecified atom stereocenters. The number of aliphatic carboxylic acids is 1. The van der Waals surface area contributed by atoms with Gasteiger partial charge in [0.15, 0.2) is 5.60 Å². The second-order valence-corrected chi connectivity index (χ2v) is 3.53. The van der Waals surface area contributed by atoms with Gasteiger partial charge < -0.3 is 14.7 Å². The Hall–Kier alpha value is -1.36. The van der Waals surface area contributed by atoms with Gasteiger partial charge in [0.2, 0.25) is 5.91 Å². The highest BCUT2D eigenvalue weighted by Crippen LogP contribution is 2.26.